The molecule has 2 aliphatic rings. The Balaban J connectivity index is 2.11. The van der Waals surface area contributed by atoms with Gasteiger partial charge in [0.2, 0.25) is 0 Å². The summed E-state index contributed by atoms with van der Waals surface area (Å²) in [6.45, 7) is 2.15. The van der Waals surface area contributed by atoms with Crippen LogP contribution in [0.1, 0.15) is 18.1 Å². The maximum absolute atomic E-state index is 12.6. The zero-order valence-electron chi connectivity index (χ0n) is 11.5. The number of fused-ring (bicyclic) bond motifs is 3. The lowest BCUT2D eigenvalue weighted by Crippen LogP contribution is -2.48. The average molecular weight is 291 g/mol. The van der Waals surface area contributed by atoms with E-state index in [-0.39, 0.29) is 12.0 Å². The maximum Gasteiger partial charge on any atom is 0.322 e. The minimum absolute atomic E-state index is 0.148. The Bertz CT molecular complexity index is 572. The molecule has 0 N–H and O–H groups in total. The zero-order chi connectivity index (χ0) is 14.3. The van der Waals surface area contributed by atoms with Gasteiger partial charge in [0.15, 0.2) is 0 Å². The highest BCUT2D eigenvalue weighted by Crippen LogP contribution is 2.48. The van der Waals surface area contributed by atoms with Gasteiger partial charge in [-0.3, -0.25) is 4.79 Å². The van der Waals surface area contributed by atoms with E-state index in [2.05, 4.69) is 0 Å². The highest BCUT2D eigenvalue weighted by atomic mass is 32.2. The molecule has 4 nitrogen and oxygen atoms in total. The van der Waals surface area contributed by atoms with E-state index in [0.717, 1.165) is 11.1 Å². The molecule has 0 amide bonds. The molecule has 0 saturated carbocycles. The number of carbonyl (C=O) groups excluding carboxylic acids is 1. The van der Waals surface area contributed by atoms with Crippen molar-refractivity contribution in [2.75, 3.05) is 12.9 Å². The monoisotopic (exact) mass is 291 g/mol. The van der Waals surface area contributed by atoms with Crippen LogP contribution in [-0.4, -0.2) is 33.7 Å². The molecule has 0 aromatic heterocycles. The predicted octanol–water partition coefficient (Wildman–Crippen LogP) is 1.53. The molecule has 1 aromatic carbocycles. The summed E-state index contributed by atoms with van der Waals surface area (Å²) in [5, 5.41) is 0. The first-order valence-electron chi connectivity index (χ1n) is 6.68. The van der Waals surface area contributed by atoms with Gasteiger partial charge in [-0.25, -0.2) is 0 Å². The van der Waals surface area contributed by atoms with E-state index in [1.54, 1.807) is 23.7 Å². The Morgan fingerprint density at radius 1 is 1.55 bits per heavy atom. The molecule has 1 heterocycles. The fraction of sp³-hybridized carbons (Fsp3) is 0.400. The van der Waals surface area contributed by atoms with E-state index in [1.165, 1.54) is 0 Å². The van der Waals surface area contributed by atoms with Gasteiger partial charge in [-0.2, -0.15) is 4.31 Å². The number of esters is 1. The molecule has 3 rings (SSSR count). The third kappa shape index (κ3) is 1.70. The molecular weight excluding hydrogens is 274 g/mol. The van der Waals surface area contributed by atoms with Crippen LogP contribution < -0.4 is 0 Å². The van der Waals surface area contributed by atoms with E-state index in [4.69, 9.17) is 4.74 Å². The number of benzene rings is 1. The fourth-order valence-electron chi connectivity index (χ4n) is 3.27. The molecule has 1 aliphatic heterocycles. The van der Waals surface area contributed by atoms with Crippen molar-refractivity contribution in [1.29, 1.82) is 0 Å². The number of hydrogen-bond donors (Lipinski definition) is 0. The van der Waals surface area contributed by atoms with Crippen LogP contribution in [0.4, 0.5) is 0 Å². The Labute approximate surface area is 121 Å². The quantitative estimate of drug-likeness (QED) is 0.626. The molecule has 1 unspecified atom stereocenters. The minimum atomic E-state index is -1.15. The average Bonchev–Trinajstić information content (AvgIpc) is 2.93. The van der Waals surface area contributed by atoms with Crippen LogP contribution in [0, 0.1) is 0 Å². The number of hydrogen-bond acceptors (Lipinski definition) is 4. The number of carbonyl (C=O) groups is 1. The van der Waals surface area contributed by atoms with Gasteiger partial charge >= 0.3 is 5.97 Å². The second-order valence-corrected chi connectivity index (χ2v) is 6.34. The maximum atomic E-state index is 12.6. The van der Waals surface area contributed by atoms with Gasteiger partial charge < -0.3 is 9.29 Å². The number of rotatable bonds is 3. The molecule has 0 radical (unpaired) electrons. The van der Waals surface area contributed by atoms with Crippen LogP contribution in [0.2, 0.25) is 0 Å². The Morgan fingerprint density at radius 2 is 2.30 bits per heavy atom. The largest absolute Gasteiger partial charge is 0.593 e. The van der Waals surface area contributed by atoms with Crippen molar-refractivity contribution in [1.82, 2.24) is 4.31 Å². The zero-order valence-corrected chi connectivity index (χ0v) is 12.4. The smallest absolute Gasteiger partial charge is 0.322 e. The molecule has 0 saturated heterocycles. The first-order valence-corrected chi connectivity index (χ1v) is 8.19. The van der Waals surface area contributed by atoms with E-state index < -0.39 is 16.8 Å². The van der Waals surface area contributed by atoms with Crippen molar-refractivity contribution in [2.24, 2.45) is 0 Å². The predicted molar refractivity (Wildman–Crippen MR) is 77.3 cm³/mol. The second kappa shape index (κ2) is 4.82. The SMILES string of the molecule is CCOC(=O)[C@]12C=CN([S+](C)[O-])[C@H]1Cc1ccccc12. The summed E-state index contributed by atoms with van der Waals surface area (Å²) in [6.07, 6.45) is 5.96. The first-order chi connectivity index (χ1) is 9.61. The molecule has 0 spiro atoms. The van der Waals surface area contributed by atoms with Crippen LogP contribution in [-0.2, 0) is 32.7 Å². The summed E-state index contributed by atoms with van der Waals surface area (Å²) in [7, 11) is 0. The first kappa shape index (κ1) is 13.5. The van der Waals surface area contributed by atoms with Crippen LogP contribution >= 0.6 is 0 Å². The highest BCUT2D eigenvalue weighted by Gasteiger charge is 2.59. The molecule has 0 bridgehead atoms. The number of nitrogens with zero attached hydrogens (tertiary/aromatic N) is 1. The van der Waals surface area contributed by atoms with E-state index in [1.807, 2.05) is 30.3 Å². The van der Waals surface area contributed by atoms with Gasteiger partial charge in [0, 0.05) is 6.20 Å². The summed E-state index contributed by atoms with van der Waals surface area (Å²) in [5.74, 6) is -0.251. The summed E-state index contributed by atoms with van der Waals surface area (Å²) >= 11 is -1.15. The lowest BCUT2D eigenvalue weighted by atomic mass is 9.80. The molecular formula is C15H17NO3S. The van der Waals surface area contributed by atoms with E-state index in [9.17, 15) is 9.35 Å². The molecule has 0 fully saturated rings. The fourth-order valence-corrected chi connectivity index (χ4v) is 4.10. The second-order valence-electron chi connectivity index (χ2n) is 5.07. The third-order valence-electron chi connectivity index (χ3n) is 4.10. The Hall–Kier alpha value is -1.46. The minimum Gasteiger partial charge on any atom is -0.593 e. The van der Waals surface area contributed by atoms with Gasteiger partial charge in [0.1, 0.15) is 17.7 Å². The molecule has 5 heteroatoms. The topological polar surface area (TPSA) is 52.6 Å². The van der Waals surface area contributed by atoms with Crippen molar-refractivity contribution in [3.05, 3.63) is 47.7 Å². The molecule has 3 atom stereocenters. The van der Waals surface area contributed by atoms with Crippen LogP contribution in [0.15, 0.2) is 36.5 Å². The van der Waals surface area contributed by atoms with Crippen molar-refractivity contribution in [3.63, 3.8) is 0 Å². The van der Waals surface area contributed by atoms with Crippen LogP contribution in [0.3, 0.4) is 0 Å². The summed E-state index contributed by atoms with van der Waals surface area (Å²) in [5.41, 5.74) is 1.30. The normalized spacial score (nSPS) is 28.1. The lowest BCUT2D eigenvalue weighted by Gasteiger charge is -2.30. The van der Waals surface area contributed by atoms with Gasteiger partial charge in [-0.15, -0.1) is 0 Å². The summed E-state index contributed by atoms with van der Waals surface area (Å²) in [6, 6.07) is 7.75. The Kier molecular flexibility index (Phi) is 3.26. The number of ether oxygens (including phenoxy) is 1. The Morgan fingerprint density at radius 3 is 3.00 bits per heavy atom. The molecule has 1 aromatic rings. The van der Waals surface area contributed by atoms with Gasteiger partial charge in [-0.05, 0) is 30.5 Å². The summed E-state index contributed by atoms with van der Waals surface area (Å²) in [4.78, 5) is 12.6. The molecule has 1 aliphatic carbocycles. The van der Waals surface area contributed by atoms with Gasteiger partial charge in [0.25, 0.3) is 0 Å². The van der Waals surface area contributed by atoms with Gasteiger partial charge in [0.05, 0.1) is 18.0 Å². The van der Waals surface area contributed by atoms with Crippen molar-refractivity contribution < 1.29 is 14.1 Å². The standard InChI is InChI=1S/C15H17NO3S/c1-3-19-14(17)15-8-9-16(20(2)18)13(15)10-11-6-4-5-7-12(11)15/h4-9,13H,3,10H2,1-2H3/t13-,15-,20?/m0/s1. The van der Waals surface area contributed by atoms with Crippen molar-refractivity contribution in [3.8, 4) is 0 Å². The molecule has 20 heavy (non-hydrogen) atoms. The van der Waals surface area contributed by atoms with Gasteiger partial charge in [-0.1, -0.05) is 24.3 Å². The van der Waals surface area contributed by atoms with E-state index in [0.29, 0.717) is 13.0 Å². The van der Waals surface area contributed by atoms with Crippen molar-refractivity contribution >= 4 is 17.3 Å². The van der Waals surface area contributed by atoms with E-state index >= 15 is 0 Å². The van der Waals surface area contributed by atoms with Crippen LogP contribution in [0.25, 0.3) is 0 Å². The molecule has 106 valence electrons. The van der Waals surface area contributed by atoms with Crippen molar-refractivity contribution in [2.45, 2.75) is 24.8 Å². The lowest BCUT2D eigenvalue weighted by molar-refractivity contribution is -0.148. The van der Waals surface area contributed by atoms with Crippen LogP contribution in [0.5, 0.6) is 0 Å². The summed E-state index contributed by atoms with van der Waals surface area (Å²) < 4.78 is 19.0. The highest BCUT2D eigenvalue weighted by molar-refractivity contribution is 7.88. The third-order valence-corrected chi connectivity index (χ3v) is 5.07.